The van der Waals surface area contributed by atoms with Crippen molar-refractivity contribution < 1.29 is 4.79 Å². The summed E-state index contributed by atoms with van der Waals surface area (Å²) >= 11 is 0. The van der Waals surface area contributed by atoms with Crippen LogP contribution >= 0.6 is 0 Å². The Kier molecular flexibility index (Phi) is 3.87. The molecule has 1 aliphatic heterocycles. The average molecular weight is 247 g/mol. The van der Waals surface area contributed by atoms with Crippen LogP contribution in [0.25, 0.3) is 0 Å². The molecule has 1 aromatic carbocycles. The smallest absolute Gasteiger partial charge is 0.244 e. The molecule has 0 aliphatic carbocycles. The van der Waals surface area contributed by atoms with Crippen molar-refractivity contribution in [2.45, 2.75) is 19.9 Å². The Labute approximate surface area is 108 Å². The van der Waals surface area contributed by atoms with Crippen molar-refractivity contribution in [3.63, 3.8) is 0 Å². The molecule has 1 amide bonds. The molecule has 4 heteroatoms. The minimum Gasteiger partial charge on any atom is -0.357 e. The number of hydrogen-bond donors (Lipinski definition) is 2. The molecule has 1 unspecified atom stereocenters. The van der Waals surface area contributed by atoms with Gasteiger partial charge in [-0.1, -0.05) is 17.7 Å². The van der Waals surface area contributed by atoms with Gasteiger partial charge in [-0.25, -0.2) is 0 Å². The number of hydrogen-bond acceptors (Lipinski definition) is 3. The summed E-state index contributed by atoms with van der Waals surface area (Å²) < 4.78 is 0. The van der Waals surface area contributed by atoms with Crippen molar-refractivity contribution >= 4 is 11.6 Å². The number of nitrogens with zero attached hydrogens (tertiary/aromatic N) is 1. The lowest BCUT2D eigenvalue weighted by Crippen LogP contribution is -2.58. The Morgan fingerprint density at radius 1 is 1.44 bits per heavy atom. The molecule has 1 atom stereocenters. The van der Waals surface area contributed by atoms with Crippen molar-refractivity contribution in [1.82, 2.24) is 10.6 Å². The molecule has 1 aromatic rings. The fourth-order valence-electron chi connectivity index (χ4n) is 2.53. The summed E-state index contributed by atoms with van der Waals surface area (Å²) in [7, 11) is 1.88. The van der Waals surface area contributed by atoms with Crippen molar-refractivity contribution in [2.24, 2.45) is 0 Å². The molecule has 98 valence electrons. The van der Waals surface area contributed by atoms with Crippen LogP contribution in [0.4, 0.5) is 5.69 Å². The minimum absolute atomic E-state index is 0.107. The Bertz CT molecular complexity index is 445. The fourth-order valence-corrected chi connectivity index (χ4v) is 2.53. The van der Waals surface area contributed by atoms with E-state index in [9.17, 15) is 4.79 Å². The van der Waals surface area contributed by atoms with E-state index in [4.69, 9.17) is 0 Å². The molecule has 0 spiro atoms. The zero-order valence-electron chi connectivity index (χ0n) is 11.3. The summed E-state index contributed by atoms with van der Waals surface area (Å²) in [6.45, 7) is 6.43. The third-order valence-electron chi connectivity index (χ3n) is 3.39. The van der Waals surface area contributed by atoms with Gasteiger partial charge in [0, 0.05) is 25.3 Å². The standard InChI is InChI=1S/C14H21N3O/c1-10-4-5-12(11(2)8-10)17-7-6-16-14(18)13(17)9-15-3/h4-5,8,13,15H,6-7,9H2,1-3H3,(H,16,18). The highest BCUT2D eigenvalue weighted by Gasteiger charge is 2.29. The number of aryl methyl sites for hydroxylation is 2. The number of benzene rings is 1. The zero-order valence-corrected chi connectivity index (χ0v) is 11.3. The minimum atomic E-state index is -0.120. The predicted molar refractivity (Wildman–Crippen MR) is 74.0 cm³/mol. The summed E-state index contributed by atoms with van der Waals surface area (Å²) in [4.78, 5) is 14.2. The third kappa shape index (κ3) is 2.48. The van der Waals surface area contributed by atoms with Crippen LogP contribution in [-0.2, 0) is 4.79 Å². The summed E-state index contributed by atoms with van der Waals surface area (Å²) in [5, 5.41) is 6.02. The number of nitrogens with one attached hydrogen (secondary N) is 2. The molecular weight excluding hydrogens is 226 g/mol. The van der Waals surface area contributed by atoms with E-state index in [1.165, 1.54) is 11.1 Å². The summed E-state index contributed by atoms with van der Waals surface area (Å²) in [6, 6.07) is 6.26. The molecule has 2 N–H and O–H groups in total. The normalized spacial score (nSPS) is 19.8. The van der Waals surface area contributed by atoms with E-state index in [1.54, 1.807) is 0 Å². The Morgan fingerprint density at radius 3 is 2.89 bits per heavy atom. The van der Waals surface area contributed by atoms with Gasteiger partial charge in [-0.3, -0.25) is 4.79 Å². The van der Waals surface area contributed by atoms with Crippen molar-refractivity contribution in [2.75, 3.05) is 31.6 Å². The predicted octanol–water partition coefficient (Wildman–Crippen LogP) is 0.828. The SMILES string of the molecule is CNCC1C(=O)NCCN1c1ccc(C)cc1C. The van der Waals surface area contributed by atoms with Crippen LogP contribution in [0.15, 0.2) is 18.2 Å². The van der Waals surface area contributed by atoms with Gasteiger partial charge < -0.3 is 15.5 Å². The largest absolute Gasteiger partial charge is 0.357 e. The van der Waals surface area contributed by atoms with E-state index in [0.717, 1.165) is 12.2 Å². The van der Waals surface area contributed by atoms with E-state index < -0.39 is 0 Å². The third-order valence-corrected chi connectivity index (χ3v) is 3.39. The molecule has 0 saturated carbocycles. The highest BCUT2D eigenvalue weighted by molar-refractivity contribution is 5.87. The summed E-state index contributed by atoms with van der Waals surface area (Å²) in [6.07, 6.45) is 0. The molecule has 1 saturated heterocycles. The van der Waals surface area contributed by atoms with Crippen LogP contribution in [0.2, 0.25) is 0 Å². The molecule has 18 heavy (non-hydrogen) atoms. The van der Waals surface area contributed by atoms with Crippen molar-refractivity contribution in [3.8, 4) is 0 Å². The van der Waals surface area contributed by atoms with Gasteiger partial charge in [0.15, 0.2) is 0 Å². The second-order valence-corrected chi connectivity index (χ2v) is 4.85. The van der Waals surface area contributed by atoms with E-state index in [2.05, 4.69) is 47.6 Å². The van der Waals surface area contributed by atoms with Gasteiger partial charge in [-0.05, 0) is 32.5 Å². The van der Waals surface area contributed by atoms with Crippen LogP contribution in [0, 0.1) is 13.8 Å². The van der Waals surface area contributed by atoms with Gasteiger partial charge in [-0.15, -0.1) is 0 Å². The Balaban J connectivity index is 2.31. The van der Waals surface area contributed by atoms with E-state index >= 15 is 0 Å². The number of anilines is 1. The first-order valence-electron chi connectivity index (χ1n) is 6.39. The number of amides is 1. The van der Waals surface area contributed by atoms with Gasteiger partial charge in [0.1, 0.15) is 6.04 Å². The van der Waals surface area contributed by atoms with Gasteiger partial charge in [0.2, 0.25) is 5.91 Å². The van der Waals surface area contributed by atoms with Crippen LogP contribution in [0.1, 0.15) is 11.1 Å². The lowest BCUT2D eigenvalue weighted by atomic mass is 10.1. The molecule has 1 heterocycles. The van der Waals surface area contributed by atoms with Gasteiger partial charge in [-0.2, -0.15) is 0 Å². The zero-order chi connectivity index (χ0) is 13.1. The maximum atomic E-state index is 12.0. The molecule has 4 nitrogen and oxygen atoms in total. The molecule has 2 rings (SSSR count). The number of rotatable bonds is 3. The molecule has 1 aliphatic rings. The highest BCUT2D eigenvalue weighted by Crippen LogP contribution is 2.24. The molecule has 1 fully saturated rings. The summed E-state index contributed by atoms with van der Waals surface area (Å²) in [5.41, 5.74) is 3.64. The molecule has 0 aromatic heterocycles. The van der Waals surface area contributed by atoms with E-state index in [-0.39, 0.29) is 11.9 Å². The number of likely N-dealkylation sites (N-methyl/N-ethyl adjacent to an activating group) is 1. The number of carbonyl (C=O) groups excluding carboxylic acids is 1. The van der Waals surface area contributed by atoms with E-state index in [0.29, 0.717) is 13.1 Å². The first-order chi connectivity index (χ1) is 8.63. The Morgan fingerprint density at radius 2 is 2.22 bits per heavy atom. The fraction of sp³-hybridized carbons (Fsp3) is 0.500. The van der Waals surface area contributed by atoms with Crippen LogP contribution < -0.4 is 15.5 Å². The van der Waals surface area contributed by atoms with Gasteiger partial charge >= 0.3 is 0 Å². The van der Waals surface area contributed by atoms with Crippen LogP contribution in [-0.4, -0.2) is 38.6 Å². The highest BCUT2D eigenvalue weighted by atomic mass is 16.2. The lowest BCUT2D eigenvalue weighted by Gasteiger charge is -2.37. The first kappa shape index (κ1) is 12.9. The quantitative estimate of drug-likeness (QED) is 0.831. The topological polar surface area (TPSA) is 44.4 Å². The molecular formula is C14H21N3O. The Hall–Kier alpha value is -1.55. The lowest BCUT2D eigenvalue weighted by molar-refractivity contribution is -0.123. The molecule has 0 bridgehead atoms. The second-order valence-electron chi connectivity index (χ2n) is 4.85. The van der Waals surface area contributed by atoms with Crippen molar-refractivity contribution in [3.05, 3.63) is 29.3 Å². The van der Waals surface area contributed by atoms with Crippen molar-refractivity contribution in [1.29, 1.82) is 0 Å². The van der Waals surface area contributed by atoms with Crippen LogP contribution in [0.3, 0.4) is 0 Å². The van der Waals surface area contributed by atoms with Gasteiger partial charge in [0.25, 0.3) is 0 Å². The van der Waals surface area contributed by atoms with Gasteiger partial charge in [0.05, 0.1) is 0 Å². The number of carbonyl (C=O) groups is 1. The molecule has 0 radical (unpaired) electrons. The maximum Gasteiger partial charge on any atom is 0.244 e. The summed E-state index contributed by atoms with van der Waals surface area (Å²) in [5.74, 6) is 0.107. The first-order valence-corrected chi connectivity index (χ1v) is 6.39. The maximum absolute atomic E-state index is 12.0. The average Bonchev–Trinajstić information content (AvgIpc) is 2.32. The second kappa shape index (κ2) is 5.40. The van der Waals surface area contributed by atoms with E-state index in [1.807, 2.05) is 7.05 Å². The monoisotopic (exact) mass is 247 g/mol. The number of piperazine rings is 1. The van der Waals surface area contributed by atoms with Crippen LogP contribution in [0.5, 0.6) is 0 Å².